The predicted molar refractivity (Wildman–Crippen MR) is 72.9 cm³/mol. The Balaban J connectivity index is 2.14. The number of ether oxygens (including phenoxy) is 2. The normalized spacial score (nSPS) is 21.5. The summed E-state index contributed by atoms with van der Waals surface area (Å²) < 4.78 is 12.0. The second-order valence-electron chi connectivity index (χ2n) is 4.07. The van der Waals surface area contributed by atoms with E-state index in [-0.39, 0.29) is 11.5 Å². The molecule has 1 saturated heterocycles. The summed E-state index contributed by atoms with van der Waals surface area (Å²) in [4.78, 5) is 0. The summed E-state index contributed by atoms with van der Waals surface area (Å²) in [6.45, 7) is 3.46. The highest BCUT2D eigenvalue weighted by Gasteiger charge is 2.26. The van der Waals surface area contributed by atoms with Gasteiger partial charge in [-0.15, -0.1) is 11.6 Å². The average molecular weight is 320 g/mol. The molecule has 1 aromatic rings. The molecule has 94 valence electrons. The number of halogens is 2. The third-order valence-electron chi connectivity index (χ3n) is 2.87. The Morgan fingerprint density at radius 1 is 1.59 bits per heavy atom. The van der Waals surface area contributed by atoms with Crippen LogP contribution in [-0.2, 0) is 4.74 Å². The first-order valence-corrected chi connectivity index (χ1v) is 7.13. The van der Waals surface area contributed by atoms with Crippen LogP contribution in [0.25, 0.3) is 0 Å². The third kappa shape index (κ3) is 3.15. The van der Waals surface area contributed by atoms with Gasteiger partial charge in [0.15, 0.2) is 0 Å². The molecular weight excluding hydrogens is 303 g/mol. The fourth-order valence-electron chi connectivity index (χ4n) is 2.02. The van der Waals surface area contributed by atoms with Gasteiger partial charge in [-0.05, 0) is 37.5 Å². The van der Waals surface area contributed by atoms with E-state index in [1.54, 1.807) is 0 Å². The molecule has 0 spiro atoms. The van der Waals surface area contributed by atoms with Crippen LogP contribution in [0.4, 0.5) is 0 Å². The van der Waals surface area contributed by atoms with Gasteiger partial charge in [-0.1, -0.05) is 22.0 Å². The summed E-state index contributed by atoms with van der Waals surface area (Å²) in [6, 6.07) is 5.92. The van der Waals surface area contributed by atoms with E-state index in [2.05, 4.69) is 15.9 Å². The van der Waals surface area contributed by atoms with Crippen molar-refractivity contribution >= 4 is 27.5 Å². The maximum Gasteiger partial charge on any atom is 0.120 e. The smallest absolute Gasteiger partial charge is 0.120 e. The molecule has 1 fully saturated rings. The van der Waals surface area contributed by atoms with Crippen LogP contribution in [0.5, 0.6) is 5.75 Å². The minimum absolute atomic E-state index is 0.0949. The zero-order valence-electron chi connectivity index (χ0n) is 9.79. The van der Waals surface area contributed by atoms with Crippen molar-refractivity contribution in [3.05, 3.63) is 28.2 Å². The standard InChI is InChI=1S/C13H16BrClO2/c1-2-16-9-5-6-10(11(14)8-9)13(15)12-4-3-7-17-12/h5-6,8,12-13H,2-4,7H2,1H3. The summed E-state index contributed by atoms with van der Waals surface area (Å²) >= 11 is 10.00. The van der Waals surface area contributed by atoms with Crippen LogP contribution < -0.4 is 4.74 Å². The van der Waals surface area contributed by atoms with Crippen molar-refractivity contribution in [1.29, 1.82) is 0 Å². The van der Waals surface area contributed by atoms with Crippen molar-refractivity contribution in [2.45, 2.75) is 31.2 Å². The van der Waals surface area contributed by atoms with Gasteiger partial charge in [-0.2, -0.15) is 0 Å². The maximum absolute atomic E-state index is 6.45. The van der Waals surface area contributed by atoms with E-state index in [9.17, 15) is 0 Å². The highest BCUT2D eigenvalue weighted by Crippen LogP contribution is 2.37. The fraction of sp³-hybridized carbons (Fsp3) is 0.538. The summed E-state index contributed by atoms with van der Waals surface area (Å²) in [7, 11) is 0. The van der Waals surface area contributed by atoms with Crippen molar-refractivity contribution in [3.63, 3.8) is 0 Å². The van der Waals surface area contributed by atoms with Crippen molar-refractivity contribution in [2.75, 3.05) is 13.2 Å². The van der Waals surface area contributed by atoms with Gasteiger partial charge in [0.05, 0.1) is 18.1 Å². The Bertz CT molecular complexity index is 378. The topological polar surface area (TPSA) is 18.5 Å². The molecule has 0 radical (unpaired) electrons. The van der Waals surface area contributed by atoms with E-state index >= 15 is 0 Å². The van der Waals surface area contributed by atoms with Gasteiger partial charge < -0.3 is 9.47 Å². The quantitative estimate of drug-likeness (QED) is 0.770. The zero-order valence-corrected chi connectivity index (χ0v) is 12.1. The number of rotatable bonds is 4. The second-order valence-corrected chi connectivity index (χ2v) is 5.39. The average Bonchev–Trinajstić information content (AvgIpc) is 2.82. The molecule has 0 aliphatic carbocycles. The van der Waals surface area contributed by atoms with Crippen LogP contribution in [0.3, 0.4) is 0 Å². The molecule has 1 heterocycles. The summed E-state index contributed by atoms with van der Waals surface area (Å²) in [5.41, 5.74) is 1.07. The highest BCUT2D eigenvalue weighted by atomic mass is 79.9. The lowest BCUT2D eigenvalue weighted by atomic mass is 10.1. The summed E-state index contributed by atoms with van der Waals surface area (Å²) in [5.74, 6) is 0.860. The van der Waals surface area contributed by atoms with Crippen LogP contribution >= 0.6 is 27.5 Å². The molecule has 0 amide bonds. The maximum atomic E-state index is 6.45. The molecular formula is C13H16BrClO2. The van der Waals surface area contributed by atoms with Gasteiger partial charge in [0.1, 0.15) is 5.75 Å². The summed E-state index contributed by atoms with van der Waals surface area (Å²) in [5, 5.41) is -0.0949. The number of hydrogen-bond acceptors (Lipinski definition) is 2. The van der Waals surface area contributed by atoms with Gasteiger partial charge in [0.2, 0.25) is 0 Å². The van der Waals surface area contributed by atoms with Crippen molar-refractivity contribution < 1.29 is 9.47 Å². The van der Waals surface area contributed by atoms with Gasteiger partial charge in [-0.3, -0.25) is 0 Å². The van der Waals surface area contributed by atoms with E-state index in [0.29, 0.717) is 6.61 Å². The molecule has 2 atom stereocenters. The van der Waals surface area contributed by atoms with Crippen molar-refractivity contribution in [3.8, 4) is 5.75 Å². The molecule has 1 aliphatic rings. The second kappa shape index (κ2) is 6.07. The number of benzene rings is 1. The lowest BCUT2D eigenvalue weighted by molar-refractivity contribution is 0.107. The Morgan fingerprint density at radius 2 is 2.41 bits per heavy atom. The van der Waals surface area contributed by atoms with E-state index in [4.69, 9.17) is 21.1 Å². The molecule has 0 saturated carbocycles. The Kier molecular flexibility index (Phi) is 4.71. The molecule has 1 aromatic carbocycles. The minimum Gasteiger partial charge on any atom is -0.494 e. The molecule has 4 heteroatoms. The highest BCUT2D eigenvalue weighted by molar-refractivity contribution is 9.10. The van der Waals surface area contributed by atoms with Gasteiger partial charge in [-0.25, -0.2) is 0 Å². The van der Waals surface area contributed by atoms with Crippen molar-refractivity contribution in [2.24, 2.45) is 0 Å². The monoisotopic (exact) mass is 318 g/mol. The molecule has 17 heavy (non-hydrogen) atoms. The fourth-order valence-corrected chi connectivity index (χ4v) is 3.15. The van der Waals surface area contributed by atoms with E-state index in [0.717, 1.165) is 35.2 Å². The molecule has 2 rings (SSSR count). The van der Waals surface area contributed by atoms with Gasteiger partial charge >= 0.3 is 0 Å². The third-order valence-corrected chi connectivity index (χ3v) is 4.07. The number of alkyl halides is 1. The van der Waals surface area contributed by atoms with Crippen LogP contribution in [0.15, 0.2) is 22.7 Å². The van der Waals surface area contributed by atoms with Gasteiger partial charge in [0, 0.05) is 11.1 Å². The first-order valence-electron chi connectivity index (χ1n) is 5.90. The van der Waals surface area contributed by atoms with Crippen molar-refractivity contribution in [1.82, 2.24) is 0 Å². The largest absolute Gasteiger partial charge is 0.494 e. The first-order chi connectivity index (χ1) is 8.22. The number of hydrogen-bond donors (Lipinski definition) is 0. The Labute approximate surface area is 115 Å². The lowest BCUT2D eigenvalue weighted by Gasteiger charge is -2.18. The molecule has 0 bridgehead atoms. The predicted octanol–water partition coefficient (Wildman–Crippen LogP) is 4.31. The molecule has 2 unspecified atom stereocenters. The minimum atomic E-state index is -0.0949. The lowest BCUT2D eigenvalue weighted by Crippen LogP contribution is -2.13. The van der Waals surface area contributed by atoms with E-state index < -0.39 is 0 Å². The molecule has 0 aromatic heterocycles. The van der Waals surface area contributed by atoms with E-state index in [1.165, 1.54) is 0 Å². The summed E-state index contributed by atoms with van der Waals surface area (Å²) in [6.07, 6.45) is 2.27. The zero-order chi connectivity index (χ0) is 12.3. The van der Waals surface area contributed by atoms with Gasteiger partial charge in [0.25, 0.3) is 0 Å². The van der Waals surface area contributed by atoms with Crippen LogP contribution in [0, 0.1) is 0 Å². The van der Waals surface area contributed by atoms with Crippen LogP contribution in [0.2, 0.25) is 0 Å². The molecule has 2 nitrogen and oxygen atoms in total. The van der Waals surface area contributed by atoms with E-state index in [1.807, 2.05) is 25.1 Å². The Hall–Kier alpha value is -0.250. The van der Waals surface area contributed by atoms with Crippen LogP contribution in [-0.4, -0.2) is 19.3 Å². The Morgan fingerprint density at radius 3 is 3.00 bits per heavy atom. The molecule has 1 aliphatic heterocycles. The van der Waals surface area contributed by atoms with Crippen LogP contribution in [0.1, 0.15) is 30.7 Å². The molecule has 0 N–H and O–H groups in total. The SMILES string of the molecule is CCOc1ccc(C(Cl)C2CCCO2)c(Br)c1. The first kappa shape index (κ1) is 13.2.